The molecule has 1 aromatic carbocycles. The van der Waals surface area contributed by atoms with Crippen molar-refractivity contribution in [2.45, 2.75) is 32.4 Å². The van der Waals surface area contributed by atoms with Crippen molar-refractivity contribution in [3.63, 3.8) is 0 Å². The number of aryl methyl sites for hydroxylation is 2. The Balaban J connectivity index is 1.57. The van der Waals surface area contributed by atoms with Gasteiger partial charge in [-0.25, -0.2) is 8.42 Å². The molecule has 1 saturated heterocycles. The molecule has 0 spiro atoms. The topological polar surface area (TPSA) is 64.4 Å². The highest BCUT2D eigenvalue weighted by molar-refractivity contribution is 7.93. The van der Waals surface area contributed by atoms with Gasteiger partial charge < -0.3 is 4.74 Å². The largest absolute Gasteiger partial charge is 0.371 e. The minimum atomic E-state index is -3.48. The van der Waals surface area contributed by atoms with Crippen LogP contribution in [0.3, 0.4) is 0 Å². The zero-order chi connectivity index (χ0) is 18.1. The third-order valence-corrected chi connectivity index (χ3v) is 7.06. The van der Waals surface area contributed by atoms with Gasteiger partial charge in [0.05, 0.1) is 23.8 Å². The molecule has 1 fully saturated rings. The molecule has 7 heteroatoms. The minimum Gasteiger partial charge on any atom is -0.371 e. The third kappa shape index (κ3) is 3.22. The maximum absolute atomic E-state index is 13.2. The Hall–Kier alpha value is -1.96. The molecule has 0 radical (unpaired) electrons. The summed E-state index contributed by atoms with van der Waals surface area (Å²) in [4.78, 5) is 0.501. The van der Waals surface area contributed by atoms with E-state index in [0.717, 1.165) is 24.1 Å². The van der Waals surface area contributed by atoms with E-state index >= 15 is 0 Å². The summed E-state index contributed by atoms with van der Waals surface area (Å²) in [6.45, 7) is 3.91. The van der Waals surface area contributed by atoms with Crippen molar-refractivity contribution >= 4 is 16.1 Å². The van der Waals surface area contributed by atoms with Crippen LogP contribution in [-0.4, -0.2) is 42.2 Å². The summed E-state index contributed by atoms with van der Waals surface area (Å²) in [5.41, 5.74) is 3.14. The molecule has 0 saturated carbocycles. The summed E-state index contributed by atoms with van der Waals surface area (Å²) < 4.78 is 35.5. The quantitative estimate of drug-likeness (QED) is 0.826. The molecule has 2 aromatic rings. The molecule has 4 rings (SSSR count). The van der Waals surface area contributed by atoms with E-state index in [1.807, 2.05) is 42.1 Å². The highest BCUT2D eigenvalue weighted by Crippen LogP contribution is 2.31. The van der Waals surface area contributed by atoms with Crippen LogP contribution in [0.1, 0.15) is 36.1 Å². The van der Waals surface area contributed by atoms with E-state index in [0.29, 0.717) is 31.0 Å². The van der Waals surface area contributed by atoms with Gasteiger partial charge in [0.2, 0.25) is 10.0 Å². The van der Waals surface area contributed by atoms with Gasteiger partial charge in [0.25, 0.3) is 0 Å². The highest BCUT2D eigenvalue weighted by Gasteiger charge is 2.34. The Morgan fingerprint density at radius 1 is 1.27 bits per heavy atom. The number of allylic oxidation sites excluding steroid dienone is 1. The van der Waals surface area contributed by atoms with Gasteiger partial charge in [0, 0.05) is 31.4 Å². The van der Waals surface area contributed by atoms with Crippen molar-refractivity contribution in [1.82, 2.24) is 14.1 Å². The molecule has 0 amide bonds. The lowest BCUT2D eigenvalue weighted by atomic mass is 9.98. The number of ether oxygens (including phenoxy) is 1. The summed E-state index contributed by atoms with van der Waals surface area (Å²) in [7, 11) is -3.48. The highest BCUT2D eigenvalue weighted by atomic mass is 32.2. The predicted molar refractivity (Wildman–Crippen MR) is 99.8 cm³/mol. The van der Waals surface area contributed by atoms with E-state index in [-0.39, 0.29) is 6.10 Å². The predicted octanol–water partition coefficient (Wildman–Crippen LogP) is 2.59. The first kappa shape index (κ1) is 17.5. The van der Waals surface area contributed by atoms with Gasteiger partial charge in [-0.15, -0.1) is 0 Å². The molecule has 26 heavy (non-hydrogen) atoms. The van der Waals surface area contributed by atoms with E-state index in [4.69, 9.17) is 4.74 Å². The summed E-state index contributed by atoms with van der Waals surface area (Å²) in [6.07, 6.45) is 6.56. The summed E-state index contributed by atoms with van der Waals surface area (Å²) >= 11 is 0. The van der Waals surface area contributed by atoms with E-state index in [1.165, 1.54) is 5.56 Å². The lowest BCUT2D eigenvalue weighted by molar-refractivity contribution is -0.00234. The SMILES string of the molecule is CCn1cc([C@@H]2CN(S(=O)(=O)C3=Cc4ccccc4CC3)CCO2)cn1. The number of hydrogen-bond donors (Lipinski definition) is 0. The first-order chi connectivity index (χ1) is 12.6. The summed E-state index contributed by atoms with van der Waals surface area (Å²) in [5, 5.41) is 4.27. The number of nitrogens with zero attached hydrogens (tertiary/aromatic N) is 3. The molecule has 6 nitrogen and oxygen atoms in total. The first-order valence-electron chi connectivity index (χ1n) is 9.00. The fourth-order valence-electron chi connectivity index (χ4n) is 3.54. The van der Waals surface area contributed by atoms with Crippen molar-refractivity contribution in [2.24, 2.45) is 0 Å². The Labute approximate surface area is 154 Å². The monoisotopic (exact) mass is 373 g/mol. The van der Waals surface area contributed by atoms with Crippen LogP contribution in [0, 0.1) is 0 Å². The Kier molecular flexibility index (Phi) is 4.69. The van der Waals surface area contributed by atoms with E-state index in [9.17, 15) is 8.42 Å². The number of hydrogen-bond acceptors (Lipinski definition) is 4. The second kappa shape index (κ2) is 6.98. The number of morpholine rings is 1. The first-order valence-corrected chi connectivity index (χ1v) is 10.4. The minimum absolute atomic E-state index is 0.268. The molecule has 1 aliphatic carbocycles. The lowest BCUT2D eigenvalue weighted by Gasteiger charge is -2.33. The molecule has 138 valence electrons. The Morgan fingerprint density at radius 2 is 2.12 bits per heavy atom. The van der Waals surface area contributed by atoms with E-state index in [2.05, 4.69) is 11.2 Å². The fraction of sp³-hybridized carbons (Fsp3) is 0.421. The third-order valence-electron chi connectivity index (χ3n) is 5.06. The maximum atomic E-state index is 13.2. The van der Waals surface area contributed by atoms with Crippen LogP contribution < -0.4 is 0 Å². The molecule has 2 aliphatic rings. The van der Waals surface area contributed by atoms with Crippen LogP contribution in [0.4, 0.5) is 0 Å². The van der Waals surface area contributed by atoms with Crippen molar-refractivity contribution in [3.8, 4) is 0 Å². The van der Waals surface area contributed by atoms with Gasteiger partial charge >= 0.3 is 0 Å². The van der Waals surface area contributed by atoms with E-state index in [1.54, 1.807) is 10.5 Å². The smallest absolute Gasteiger partial charge is 0.239 e. The van der Waals surface area contributed by atoms with Crippen LogP contribution >= 0.6 is 0 Å². The number of sulfonamides is 1. The number of aromatic nitrogens is 2. The number of fused-ring (bicyclic) bond motifs is 1. The van der Waals surface area contributed by atoms with Crippen molar-refractivity contribution in [1.29, 1.82) is 0 Å². The second-order valence-corrected chi connectivity index (χ2v) is 8.65. The zero-order valence-electron chi connectivity index (χ0n) is 14.8. The Morgan fingerprint density at radius 3 is 2.92 bits per heavy atom. The van der Waals surface area contributed by atoms with Crippen LogP contribution in [0.2, 0.25) is 0 Å². The molecule has 0 bridgehead atoms. The fourth-order valence-corrected chi connectivity index (χ4v) is 5.15. The average Bonchev–Trinajstić information content (AvgIpc) is 3.17. The van der Waals surface area contributed by atoms with Crippen LogP contribution in [0.15, 0.2) is 41.6 Å². The molecule has 0 unspecified atom stereocenters. The molecular formula is C19H23N3O3S. The second-order valence-electron chi connectivity index (χ2n) is 6.66. The lowest BCUT2D eigenvalue weighted by Crippen LogP contribution is -2.42. The average molecular weight is 373 g/mol. The molecular weight excluding hydrogens is 350 g/mol. The maximum Gasteiger partial charge on any atom is 0.239 e. The zero-order valence-corrected chi connectivity index (χ0v) is 15.7. The van der Waals surface area contributed by atoms with Crippen LogP contribution in [0.25, 0.3) is 6.08 Å². The summed E-state index contributed by atoms with van der Waals surface area (Å²) in [5.74, 6) is 0. The summed E-state index contributed by atoms with van der Waals surface area (Å²) in [6, 6.07) is 7.98. The van der Waals surface area contributed by atoms with E-state index < -0.39 is 10.0 Å². The van der Waals surface area contributed by atoms with Crippen molar-refractivity contribution in [2.75, 3.05) is 19.7 Å². The Bertz CT molecular complexity index is 933. The number of benzene rings is 1. The normalized spacial score (nSPS) is 21.3. The van der Waals surface area contributed by atoms with Gasteiger partial charge in [-0.2, -0.15) is 9.40 Å². The van der Waals surface area contributed by atoms with Crippen molar-refractivity contribution in [3.05, 3.63) is 58.3 Å². The number of rotatable bonds is 4. The van der Waals surface area contributed by atoms with Crippen LogP contribution in [-0.2, 0) is 27.7 Å². The van der Waals surface area contributed by atoms with Crippen molar-refractivity contribution < 1.29 is 13.2 Å². The van der Waals surface area contributed by atoms with Gasteiger partial charge in [-0.05, 0) is 37.0 Å². The van der Waals surface area contributed by atoms with Gasteiger partial charge in [0.1, 0.15) is 0 Å². The van der Waals surface area contributed by atoms with Crippen LogP contribution in [0.5, 0.6) is 0 Å². The molecule has 0 N–H and O–H groups in total. The molecule has 1 atom stereocenters. The molecule has 2 heterocycles. The standard InChI is InChI=1S/C19H23N3O3S/c1-2-21-13-17(12-20-21)19-14-22(9-10-25-19)26(23,24)18-8-7-15-5-3-4-6-16(15)11-18/h3-6,11-13,19H,2,7-10,14H2,1H3/t19-/m0/s1. The molecule has 1 aliphatic heterocycles. The van der Waals surface area contributed by atoms with Gasteiger partial charge in [-0.3, -0.25) is 4.68 Å². The van der Waals surface area contributed by atoms with Gasteiger partial charge in [-0.1, -0.05) is 24.3 Å². The molecule has 1 aromatic heterocycles. The van der Waals surface area contributed by atoms with Gasteiger partial charge in [0.15, 0.2) is 0 Å².